The highest BCUT2D eigenvalue weighted by Crippen LogP contribution is 2.37. The maximum atomic E-state index is 13.8. The first kappa shape index (κ1) is 21.6. The highest BCUT2D eigenvalue weighted by atomic mass is 16.2. The number of amides is 2. The van der Waals surface area contributed by atoms with Crippen LogP contribution in [-0.2, 0) is 9.59 Å². The van der Waals surface area contributed by atoms with Crippen LogP contribution < -0.4 is 10.2 Å². The molecular formula is C28H28N2O2. The molecule has 0 radical (unpaired) electrons. The SMILES string of the molecule is Cc1ccc(C2=C(Nc3cc(C)ccc3C)C(=O)N(c3ccc(C)cc3C)C2=O)c(C)c1. The van der Waals surface area contributed by atoms with Crippen LogP contribution in [0.3, 0.4) is 0 Å². The smallest absolute Gasteiger partial charge is 0.282 e. The molecule has 3 aromatic rings. The minimum atomic E-state index is -0.335. The Labute approximate surface area is 189 Å². The molecule has 0 bridgehead atoms. The normalized spacial score (nSPS) is 13.9. The molecule has 1 N–H and O–H groups in total. The fourth-order valence-corrected chi connectivity index (χ4v) is 4.27. The van der Waals surface area contributed by atoms with Gasteiger partial charge in [-0.25, -0.2) is 4.90 Å². The van der Waals surface area contributed by atoms with Crippen molar-refractivity contribution < 1.29 is 9.59 Å². The minimum Gasteiger partial charge on any atom is -0.350 e. The van der Waals surface area contributed by atoms with Crippen molar-refractivity contribution in [3.05, 3.63) is 99.2 Å². The van der Waals surface area contributed by atoms with E-state index in [9.17, 15) is 9.59 Å². The van der Waals surface area contributed by atoms with Gasteiger partial charge in [-0.3, -0.25) is 9.59 Å². The number of benzene rings is 3. The van der Waals surface area contributed by atoms with Crippen molar-refractivity contribution in [3.63, 3.8) is 0 Å². The maximum Gasteiger partial charge on any atom is 0.282 e. The number of anilines is 2. The van der Waals surface area contributed by atoms with Crippen LogP contribution in [0.4, 0.5) is 11.4 Å². The number of carbonyl (C=O) groups excluding carboxylic acids is 2. The number of nitrogens with one attached hydrogen (secondary N) is 1. The summed E-state index contributed by atoms with van der Waals surface area (Å²) in [7, 11) is 0. The molecule has 32 heavy (non-hydrogen) atoms. The summed E-state index contributed by atoms with van der Waals surface area (Å²) in [6.45, 7) is 11.9. The van der Waals surface area contributed by atoms with Gasteiger partial charge in [-0.05, 0) is 81.5 Å². The molecule has 0 saturated carbocycles. The van der Waals surface area contributed by atoms with E-state index in [-0.39, 0.29) is 11.8 Å². The van der Waals surface area contributed by atoms with E-state index in [4.69, 9.17) is 0 Å². The molecule has 0 fully saturated rings. The molecule has 4 rings (SSSR count). The van der Waals surface area contributed by atoms with Crippen LogP contribution in [-0.4, -0.2) is 11.8 Å². The summed E-state index contributed by atoms with van der Waals surface area (Å²) in [4.78, 5) is 28.8. The first-order valence-corrected chi connectivity index (χ1v) is 10.8. The number of hydrogen-bond donors (Lipinski definition) is 1. The van der Waals surface area contributed by atoms with E-state index in [1.54, 1.807) is 0 Å². The largest absolute Gasteiger partial charge is 0.350 e. The Morgan fingerprint density at radius 3 is 1.88 bits per heavy atom. The molecule has 162 valence electrons. The Hall–Kier alpha value is -3.66. The third kappa shape index (κ3) is 3.73. The van der Waals surface area contributed by atoms with Crippen molar-refractivity contribution in [1.29, 1.82) is 0 Å². The Morgan fingerprint density at radius 2 is 1.22 bits per heavy atom. The van der Waals surface area contributed by atoms with Crippen LogP contribution in [0.5, 0.6) is 0 Å². The number of nitrogens with zero attached hydrogens (tertiary/aromatic N) is 1. The van der Waals surface area contributed by atoms with Gasteiger partial charge in [0.25, 0.3) is 11.8 Å². The number of hydrogen-bond acceptors (Lipinski definition) is 3. The van der Waals surface area contributed by atoms with E-state index in [0.717, 1.165) is 44.6 Å². The van der Waals surface area contributed by atoms with Crippen molar-refractivity contribution in [2.75, 3.05) is 10.2 Å². The highest BCUT2D eigenvalue weighted by Gasteiger charge is 2.41. The molecule has 0 aromatic heterocycles. The van der Waals surface area contributed by atoms with Crippen molar-refractivity contribution in [2.45, 2.75) is 41.5 Å². The summed E-state index contributed by atoms with van der Waals surface area (Å²) in [6.07, 6.45) is 0. The maximum absolute atomic E-state index is 13.8. The lowest BCUT2D eigenvalue weighted by molar-refractivity contribution is -0.120. The molecule has 0 aliphatic carbocycles. The van der Waals surface area contributed by atoms with Gasteiger partial charge in [0.1, 0.15) is 5.70 Å². The summed E-state index contributed by atoms with van der Waals surface area (Å²) >= 11 is 0. The van der Waals surface area contributed by atoms with Gasteiger partial charge < -0.3 is 5.32 Å². The number of imide groups is 1. The predicted molar refractivity (Wildman–Crippen MR) is 131 cm³/mol. The van der Waals surface area contributed by atoms with Gasteiger partial charge >= 0.3 is 0 Å². The molecule has 2 amide bonds. The molecule has 0 unspecified atom stereocenters. The van der Waals surface area contributed by atoms with E-state index in [2.05, 4.69) is 5.32 Å². The molecule has 4 nitrogen and oxygen atoms in total. The Balaban J connectivity index is 1.90. The standard InChI is InChI=1S/C28H28N2O2/c1-16-8-11-22(20(5)13-16)25-26(29-23-15-18(3)7-10-19(23)4)28(32)30(27(25)31)24-12-9-17(2)14-21(24)6/h7-15,29H,1-6H3. The average Bonchev–Trinajstić information content (AvgIpc) is 2.95. The predicted octanol–water partition coefficient (Wildman–Crippen LogP) is 5.93. The minimum absolute atomic E-state index is 0.304. The Bertz CT molecular complexity index is 1300. The second-order valence-electron chi connectivity index (χ2n) is 8.75. The van der Waals surface area contributed by atoms with Gasteiger partial charge in [-0.2, -0.15) is 0 Å². The lowest BCUT2D eigenvalue weighted by Gasteiger charge is -2.18. The number of carbonyl (C=O) groups is 2. The number of rotatable bonds is 4. The lowest BCUT2D eigenvalue weighted by Crippen LogP contribution is -2.33. The van der Waals surface area contributed by atoms with Crippen LogP contribution in [0.25, 0.3) is 5.57 Å². The van der Waals surface area contributed by atoms with Gasteiger partial charge in [0.2, 0.25) is 0 Å². The van der Waals surface area contributed by atoms with Gasteiger partial charge in [0.05, 0.1) is 11.3 Å². The molecule has 4 heteroatoms. The quantitative estimate of drug-likeness (QED) is 0.528. The summed E-state index contributed by atoms with van der Waals surface area (Å²) < 4.78 is 0. The third-order valence-corrected chi connectivity index (χ3v) is 5.98. The summed E-state index contributed by atoms with van der Waals surface area (Å²) in [5.74, 6) is -0.639. The molecule has 0 atom stereocenters. The van der Waals surface area contributed by atoms with Gasteiger partial charge in [0, 0.05) is 5.69 Å². The van der Waals surface area contributed by atoms with Gasteiger partial charge in [-0.1, -0.05) is 53.6 Å². The van der Waals surface area contributed by atoms with Gasteiger partial charge in [-0.15, -0.1) is 0 Å². The zero-order valence-electron chi connectivity index (χ0n) is 19.5. The molecule has 0 spiro atoms. The van der Waals surface area contributed by atoms with Crippen molar-refractivity contribution in [1.82, 2.24) is 0 Å². The molecular weight excluding hydrogens is 396 g/mol. The monoisotopic (exact) mass is 424 g/mol. The zero-order valence-corrected chi connectivity index (χ0v) is 19.5. The van der Waals surface area contributed by atoms with E-state index in [1.807, 2.05) is 96.1 Å². The first-order valence-electron chi connectivity index (χ1n) is 10.8. The second-order valence-corrected chi connectivity index (χ2v) is 8.75. The van der Waals surface area contributed by atoms with Gasteiger partial charge in [0.15, 0.2) is 0 Å². The average molecular weight is 425 g/mol. The second kappa shape index (κ2) is 8.12. The van der Waals surface area contributed by atoms with Crippen LogP contribution in [0, 0.1) is 41.5 Å². The topological polar surface area (TPSA) is 49.4 Å². The van der Waals surface area contributed by atoms with Crippen LogP contribution in [0.15, 0.2) is 60.3 Å². The van der Waals surface area contributed by atoms with Crippen molar-refractivity contribution in [2.24, 2.45) is 0 Å². The van der Waals surface area contributed by atoms with Crippen molar-refractivity contribution in [3.8, 4) is 0 Å². The summed E-state index contributed by atoms with van der Waals surface area (Å²) in [6, 6.07) is 17.8. The van der Waals surface area contributed by atoms with E-state index >= 15 is 0 Å². The number of aryl methyl sites for hydroxylation is 6. The van der Waals surface area contributed by atoms with E-state index < -0.39 is 0 Å². The van der Waals surface area contributed by atoms with Crippen LogP contribution >= 0.6 is 0 Å². The fraction of sp³-hybridized carbons (Fsp3) is 0.214. The highest BCUT2D eigenvalue weighted by molar-refractivity contribution is 6.46. The molecule has 1 aliphatic heterocycles. The zero-order chi connectivity index (χ0) is 23.2. The fourth-order valence-electron chi connectivity index (χ4n) is 4.27. The summed E-state index contributed by atoms with van der Waals surface area (Å²) in [5.41, 5.74) is 9.07. The van der Waals surface area contributed by atoms with E-state index in [0.29, 0.717) is 17.0 Å². The Kier molecular flexibility index (Phi) is 5.47. The third-order valence-electron chi connectivity index (χ3n) is 5.98. The molecule has 1 heterocycles. The Morgan fingerprint density at radius 1 is 0.625 bits per heavy atom. The van der Waals surface area contributed by atoms with Crippen molar-refractivity contribution >= 4 is 28.8 Å². The first-order chi connectivity index (χ1) is 15.2. The molecule has 1 aliphatic rings. The summed E-state index contributed by atoms with van der Waals surface area (Å²) in [5, 5.41) is 3.32. The molecule has 3 aromatic carbocycles. The lowest BCUT2D eigenvalue weighted by atomic mass is 9.97. The van der Waals surface area contributed by atoms with Crippen LogP contribution in [0.2, 0.25) is 0 Å². The van der Waals surface area contributed by atoms with E-state index in [1.165, 1.54) is 4.90 Å². The molecule has 0 saturated heterocycles. The van der Waals surface area contributed by atoms with Crippen LogP contribution in [0.1, 0.15) is 38.9 Å².